The Bertz CT molecular complexity index is 182. The standard InChI is InChI=1S/C13H26O4/c1-3-11(2)4-5-15-9-13(14)10-17-8-12-6-16-7-12/h11-14H,3-10H2,1-2H3. The molecule has 102 valence electrons. The summed E-state index contributed by atoms with van der Waals surface area (Å²) < 4.78 is 15.8. The van der Waals surface area contributed by atoms with Crippen LogP contribution in [0.25, 0.3) is 0 Å². The van der Waals surface area contributed by atoms with Crippen LogP contribution in [-0.4, -0.2) is 50.9 Å². The van der Waals surface area contributed by atoms with Gasteiger partial charge in [0.05, 0.1) is 33.0 Å². The number of hydrogen-bond acceptors (Lipinski definition) is 4. The second-order valence-electron chi connectivity index (χ2n) is 4.97. The molecule has 0 aliphatic carbocycles. The van der Waals surface area contributed by atoms with Gasteiger partial charge in [-0.3, -0.25) is 0 Å². The summed E-state index contributed by atoms with van der Waals surface area (Å²) in [6.45, 7) is 8.12. The van der Waals surface area contributed by atoms with Gasteiger partial charge in [0.2, 0.25) is 0 Å². The van der Waals surface area contributed by atoms with Gasteiger partial charge in [0.15, 0.2) is 0 Å². The lowest BCUT2D eigenvalue weighted by Crippen LogP contribution is -2.33. The van der Waals surface area contributed by atoms with E-state index in [4.69, 9.17) is 14.2 Å². The predicted molar refractivity (Wildman–Crippen MR) is 66.0 cm³/mol. The zero-order valence-electron chi connectivity index (χ0n) is 11.1. The van der Waals surface area contributed by atoms with Crippen LogP contribution in [0.15, 0.2) is 0 Å². The van der Waals surface area contributed by atoms with Gasteiger partial charge in [0.25, 0.3) is 0 Å². The minimum atomic E-state index is -0.507. The molecule has 0 bridgehead atoms. The van der Waals surface area contributed by atoms with E-state index >= 15 is 0 Å². The van der Waals surface area contributed by atoms with E-state index in [-0.39, 0.29) is 0 Å². The normalized spacial score (nSPS) is 19.9. The van der Waals surface area contributed by atoms with Crippen LogP contribution in [0.4, 0.5) is 0 Å². The van der Waals surface area contributed by atoms with E-state index in [1.54, 1.807) is 0 Å². The molecule has 1 heterocycles. The second kappa shape index (κ2) is 8.86. The summed E-state index contributed by atoms with van der Waals surface area (Å²) in [7, 11) is 0. The fraction of sp³-hybridized carbons (Fsp3) is 1.00. The third-order valence-corrected chi connectivity index (χ3v) is 3.13. The van der Waals surface area contributed by atoms with Crippen molar-refractivity contribution < 1.29 is 19.3 Å². The Morgan fingerprint density at radius 3 is 2.59 bits per heavy atom. The van der Waals surface area contributed by atoms with E-state index in [1.807, 2.05) is 0 Å². The highest BCUT2D eigenvalue weighted by atomic mass is 16.5. The van der Waals surface area contributed by atoms with Gasteiger partial charge in [0.1, 0.15) is 6.10 Å². The molecule has 0 aromatic heterocycles. The SMILES string of the molecule is CCC(C)CCOCC(O)COCC1COC1. The first-order valence-corrected chi connectivity index (χ1v) is 6.63. The average molecular weight is 246 g/mol. The minimum absolute atomic E-state index is 0.361. The molecule has 0 spiro atoms. The van der Waals surface area contributed by atoms with Crippen molar-refractivity contribution in [3.05, 3.63) is 0 Å². The number of rotatable bonds is 10. The maximum Gasteiger partial charge on any atom is 0.101 e. The van der Waals surface area contributed by atoms with Crippen LogP contribution in [0.2, 0.25) is 0 Å². The molecule has 17 heavy (non-hydrogen) atoms. The minimum Gasteiger partial charge on any atom is -0.388 e. The lowest BCUT2D eigenvalue weighted by atomic mass is 10.1. The summed E-state index contributed by atoms with van der Waals surface area (Å²) in [4.78, 5) is 0. The van der Waals surface area contributed by atoms with Crippen molar-refractivity contribution in [1.29, 1.82) is 0 Å². The van der Waals surface area contributed by atoms with Crippen LogP contribution in [-0.2, 0) is 14.2 Å². The molecule has 0 aromatic rings. The second-order valence-corrected chi connectivity index (χ2v) is 4.97. The van der Waals surface area contributed by atoms with E-state index in [0.717, 1.165) is 26.2 Å². The van der Waals surface area contributed by atoms with Gasteiger partial charge in [-0.15, -0.1) is 0 Å². The molecule has 2 unspecified atom stereocenters. The van der Waals surface area contributed by atoms with Gasteiger partial charge in [-0.1, -0.05) is 20.3 Å². The van der Waals surface area contributed by atoms with Gasteiger partial charge in [-0.05, 0) is 12.3 Å². The van der Waals surface area contributed by atoms with Crippen LogP contribution >= 0.6 is 0 Å². The first-order valence-electron chi connectivity index (χ1n) is 6.63. The molecule has 1 aliphatic heterocycles. The largest absolute Gasteiger partial charge is 0.388 e. The molecule has 4 heteroatoms. The van der Waals surface area contributed by atoms with E-state index in [1.165, 1.54) is 6.42 Å². The van der Waals surface area contributed by atoms with Gasteiger partial charge in [-0.2, -0.15) is 0 Å². The molecule has 0 amide bonds. The maximum absolute atomic E-state index is 9.59. The summed E-state index contributed by atoms with van der Waals surface area (Å²) in [6, 6.07) is 0. The highest BCUT2D eigenvalue weighted by molar-refractivity contribution is 4.64. The zero-order chi connectivity index (χ0) is 12.5. The fourth-order valence-corrected chi connectivity index (χ4v) is 1.51. The van der Waals surface area contributed by atoms with E-state index in [2.05, 4.69) is 13.8 Å². The Morgan fingerprint density at radius 2 is 2.00 bits per heavy atom. The number of aliphatic hydroxyl groups is 1. The molecule has 1 N–H and O–H groups in total. The number of ether oxygens (including phenoxy) is 3. The molecule has 2 atom stereocenters. The predicted octanol–water partition coefficient (Wildman–Crippen LogP) is 1.46. The van der Waals surface area contributed by atoms with Crippen LogP contribution in [0.3, 0.4) is 0 Å². The molecule has 4 nitrogen and oxygen atoms in total. The molecule has 1 rings (SSSR count). The number of hydrogen-bond donors (Lipinski definition) is 1. The summed E-state index contributed by atoms with van der Waals surface area (Å²) in [5.41, 5.74) is 0. The van der Waals surface area contributed by atoms with Crippen molar-refractivity contribution >= 4 is 0 Å². The Morgan fingerprint density at radius 1 is 1.29 bits per heavy atom. The Labute approximate surface area is 104 Å². The molecule has 0 radical (unpaired) electrons. The fourth-order valence-electron chi connectivity index (χ4n) is 1.51. The van der Waals surface area contributed by atoms with Crippen molar-refractivity contribution in [2.24, 2.45) is 11.8 Å². The van der Waals surface area contributed by atoms with Gasteiger partial charge >= 0.3 is 0 Å². The van der Waals surface area contributed by atoms with E-state index < -0.39 is 6.10 Å². The van der Waals surface area contributed by atoms with Crippen LogP contribution in [0, 0.1) is 11.8 Å². The summed E-state index contributed by atoms with van der Waals surface area (Å²) >= 11 is 0. The first kappa shape index (κ1) is 14.9. The molecule has 1 fully saturated rings. The Kier molecular flexibility index (Phi) is 7.77. The molecule has 1 saturated heterocycles. The first-order chi connectivity index (χ1) is 8.22. The smallest absolute Gasteiger partial charge is 0.101 e. The molecule has 0 saturated carbocycles. The van der Waals surface area contributed by atoms with E-state index in [0.29, 0.717) is 31.7 Å². The van der Waals surface area contributed by atoms with Crippen LogP contribution in [0.1, 0.15) is 26.7 Å². The quantitative estimate of drug-likeness (QED) is 0.593. The van der Waals surface area contributed by atoms with Crippen molar-refractivity contribution in [2.75, 3.05) is 39.6 Å². The zero-order valence-corrected chi connectivity index (χ0v) is 11.1. The monoisotopic (exact) mass is 246 g/mol. The highest BCUT2D eigenvalue weighted by Crippen LogP contribution is 2.10. The average Bonchev–Trinajstić information content (AvgIpc) is 2.27. The molecular formula is C13H26O4. The Balaban J connectivity index is 1.84. The maximum atomic E-state index is 9.59. The van der Waals surface area contributed by atoms with Crippen molar-refractivity contribution in [3.8, 4) is 0 Å². The van der Waals surface area contributed by atoms with Gasteiger partial charge < -0.3 is 19.3 Å². The third kappa shape index (κ3) is 6.99. The molecule has 1 aliphatic rings. The molecule has 0 aromatic carbocycles. The Hall–Kier alpha value is -0.160. The summed E-state index contributed by atoms with van der Waals surface area (Å²) in [5.74, 6) is 1.22. The van der Waals surface area contributed by atoms with E-state index in [9.17, 15) is 5.11 Å². The lowest BCUT2D eigenvalue weighted by Gasteiger charge is -2.25. The van der Waals surface area contributed by atoms with Crippen molar-refractivity contribution in [2.45, 2.75) is 32.8 Å². The highest BCUT2D eigenvalue weighted by Gasteiger charge is 2.18. The third-order valence-electron chi connectivity index (χ3n) is 3.13. The topological polar surface area (TPSA) is 47.9 Å². The lowest BCUT2D eigenvalue weighted by molar-refractivity contribution is -0.0888. The van der Waals surface area contributed by atoms with Crippen LogP contribution < -0.4 is 0 Å². The number of aliphatic hydroxyl groups excluding tert-OH is 1. The summed E-state index contributed by atoms with van der Waals surface area (Å²) in [6.07, 6.45) is 1.73. The van der Waals surface area contributed by atoms with Gasteiger partial charge in [-0.25, -0.2) is 0 Å². The van der Waals surface area contributed by atoms with Crippen molar-refractivity contribution in [3.63, 3.8) is 0 Å². The summed E-state index contributed by atoms with van der Waals surface area (Å²) in [5, 5.41) is 9.59. The van der Waals surface area contributed by atoms with Crippen molar-refractivity contribution in [1.82, 2.24) is 0 Å². The van der Waals surface area contributed by atoms with Crippen LogP contribution in [0.5, 0.6) is 0 Å². The van der Waals surface area contributed by atoms with Gasteiger partial charge in [0, 0.05) is 12.5 Å². The molecular weight excluding hydrogens is 220 g/mol.